The zero-order valence-electron chi connectivity index (χ0n) is 6.80. The summed E-state index contributed by atoms with van der Waals surface area (Å²) in [5.74, 6) is 0. The third-order valence-corrected chi connectivity index (χ3v) is 1.62. The van der Waals surface area contributed by atoms with Gasteiger partial charge in [0, 0.05) is 13.2 Å². The molecule has 0 spiro atoms. The highest BCUT2D eigenvalue weighted by Crippen LogP contribution is 1.96. The summed E-state index contributed by atoms with van der Waals surface area (Å²) in [5.41, 5.74) is 0. The fourth-order valence-electron chi connectivity index (χ4n) is 0.545. The Balaban J connectivity index is 2.89. The van der Waals surface area contributed by atoms with Crippen molar-refractivity contribution in [2.45, 2.75) is 32.8 Å². The Morgan fingerprint density at radius 1 is 1.40 bits per heavy atom. The van der Waals surface area contributed by atoms with Crippen molar-refractivity contribution < 1.29 is 8.53 Å². The smallest absolute Gasteiger partial charge is 0.369 e. The first kappa shape index (κ1) is 10.5. The van der Waals surface area contributed by atoms with Gasteiger partial charge in [0.1, 0.15) is 0 Å². The summed E-state index contributed by atoms with van der Waals surface area (Å²) in [5, 5.41) is 0. The zero-order chi connectivity index (χ0) is 7.82. The van der Waals surface area contributed by atoms with Crippen molar-refractivity contribution in [2.24, 2.45) is 0 Å². The van der Waals surface area contributed by atoms with Gasteiger partial charge in [0.2, 0.25) is 0 Å². The molecule has 0 aliphatic rings. The maximum absolute atomic E-state index is 5.40. The minimum absolute atomic E-state index is 0.393. The molecule has 1 unspecified atom stereocenters. The van der Waals surface area contributed by atoms with E-state index >= 15 is 0 Å². The molecule has 0 amide bonds. The van der Waals surface area contributed by atoms with Crippen molar-refractivity contribution in [1.82, 2.24) is 0 Å². The molecule has 0 saturated heterocycles. The molecular weight excluding hydrogens is 143 g/mol. The Morgan fingerprint density at radius 2 is 2.10 bits per heavy atom. The number of rotatable bonds is 6. The van der Waals surface area contributed by atoms with Crippen LogP contribution in [0.3, 0.4) is 0 Å². The van der Waals surface area contributed by atoms with Crippen LogP contribution in [0, 0.1) is 0 Å². The summed E-state index contributed by atoms with van der Waals surface area (Å²) in [6.07, 6.45) is 2.46. The Kier molecular flexibility index (Phi) is 7.90. The predicted octanol–water partition coefficient (Wildman–Crippen LogP) is 1.29. The second kappa shape index (κ2) is 7.56. The summed E-state index contributed by atoms with van der Waals surface area (Å²) >= 11 is 2.23. The third kappa shape index (κ3) is 6.57. The highest BCUT2D eigenvalue weighted by molar-refractivity contribution is 5.97. The summed E-state index contributed by atoms with van der Waals surface area (Å²) in [4.78, 5) is 0. The van der Waals surface area contributed by atoms with Gasteiger partial charge in [0.05, 0.1) is 6.10 Å². The van der Waals surface area contributed by atoms with Gasteiger partial charge in [-0.3, -0.25) is 0 Å². The van der Waals surface area contributed by atoms with E-state index in [2.05, 4.69) is 30.5 Å². The van der Waals surface area contributed by atoms with Crippen LogP contribution in [0.4, 0.5) is 0 Å². The molecule has 3 heteroatoms. The lowest BCUT2D eigenvalue weighted by atomic mass is 10.3. The molecule has 1 atom stereocenters. The monoisotopic (exact) mass is 158 g/mol. The first-order valence-corrected chi connectivity index (χ1v) is 4.21. The summed E-state index contributed by atoms with van der Waals surface area (Å²) in [7, 11) is 0. The van der Waals surface area contributed by atoms with Gasteiger partial charge in [0.15, 0.2) is 0 Å². The second-order valence-corrected chi connectivity index (χ2v) is 2.65. The van der Waals surface area contributed by atoms with E-state index in [1.165, 1.54) is 0 Å². The van der Waals surface area contributed by atoms with E-state index in [4.69, 9.17) is 8.53 Å². The van der Waals surface area contributed by atoms with Crippen LogP contribution in [0.1, 0.15) is 26.7 Å². The van der Waals surface area contributed by atoms with Gasteiger partial charge in [-0.1, -0.05) is 6.92 Å². The van der Waals surface area contributed by atoms with Gasteiger partial charge >= 0.3 is 16.6 Å². The first-order valence-electron chi connectivity index (χ1n) is 3.74. The van der Waals surface area contributed by atoms with Gasteiger partial charge in [0.25, 0.3) is 0 Å². The molecular formula is C7H15AlO2. The van der Waals surface area contributed by atoms with E-state index in [1.807, 2.05) is 0 Å². The van der Waals surface area contributed by atoms with E-state index in [9.17, 15) is 0 Å². The van der Waals surface area contributed by atoms with Crippen LogP contribution in [-0.4, -0.2) is 35.9 Å². The van der Waals surface area contributed by atoms with Gasteiger partial charge in [-0.15, -0.1) is 0 Å². The van der Waals surface area contributed by atoms with E-state index in [1.54, 1.807) is 0 Å². The lowest BCUT2D eigenvalue weighted by Crippen LogP contribution is -2.08. The van der Waals surface area contributed by atoms with Crippen LogP contribution in [0.15, 0.2) is 0 Å². The maximum Gasteiger partial charge on any atom is 0.369 e. The Hall–Kier alpha value is 0.452. The molecule has 0 bridgehead atoms. The highest BCUT2D eigenvalue weighted by Gasteiger charge is 1.95. The molecule has 0 heterocycles. The van der Waals surface area contributed by atoms with Crippen molar-refractivity contribution in [1.29, 1.82) is 0 Å². The molecule has 10 heavy (non-hydrogen) atoms. The standard InChI is InChI=1S/C7H15O2.Al/c1-3-7(2)9-6-4-5-8;/h7H,3-6H2,1-2H3;/q-1;+1. The topological polar surface area (TPSA) is 18.5 Å². The maximum atomic E-state index is 5.40. The molecule has 0 aromatic carbocycles. The number of ether oxygens (including phenoxy) is 1. The van der Waals surface area contributed by atoms with Crippen molar-refractivity contribution in [3.05, 3.63) is 0 Å². The average molecular weight is 158 g/mol. The Bertz CT molecular complexity index is 68.6. The molecule has 2 radical (unpaired) electrons. The summed E-state index contributed by atoms with van der Waals surface area (Å²) < 4.78 is 10.2. The zero-order valence-corrected chi connectivity index (χ0v) is 7.95. The van der Waals surface area contributed by atoms with Crippen LogP contribution in [0.5, 0.6) is 0 Å². The first-order chi connectivity index (χ1) is 4.81. The molecule has 0 aromatic heterocycles. The number of hydrogen-bond acceptors (Lipinski definition) is 2. The lowest BCUT2D eigenvalue weighted by Gasteiger charge is -2.09. The Labute approximate surface area is 71.7 Å². The SMILES string of the molecule is CCC(C)OCCC[O][Al]. The van der Waals surface area contributed by atoms with Gasteiger partial charge in [-0.05, 0) is 19.8 Å². The van der Waals surface area contributed by atoms with Gasteiger partial charge < -0.3 is 8.53 Å². The van der Waals surface area contributed by atoms with Crippen molar-refractivity contribution >= 4 is 16.6 Å². The molecule has 58 valence electrons. The molecule has 0 fully saturated rings. The molecule has 2 nitrogen and oxygen atoms in total. The van der Waals surface area contributed by atoms with Crippen molar-refractivity contribution in [3.8, 4) is 0 Å². The normalized spacial score (nSPS) is 13.4. The quantitative estimate of drug-likeness (QED) is 0.428. The average Bonchev–Trinajstić information content (AvgIpc) is 1.98. The van der Waals surface area contributed by atoms with Crippen molar-refractivity contribution in [3.63, 3.8) is 0 Å². The Morgan fingerprint density at radius 3 is 2.60 bits per heavy atom. The fraction of sp³-hybridized carbons (Fsp3) is 1.00. The lowest BCUT2D eigenvalue weighted by molar-refractivity contribution is 0.0560. The van der Waals surface area contributed by atoms with E-state index in [0.29, 0.717) is 6.10 Å². The molecule has 0 N–H and O–H groups in total. The van der Waals surface area contributed by atoms with Crippen LogP contribution in [0.25, 0.3) is 0 Å². The predicted molar refractivity (Wildman–Crippen MR) is 42.0 cm³/mol. The molecule has 0 saturated carbocycles. The van der Waals surface area contributed by atoms with Crippen LogP contribution < -0.4 is 0 Å². The van der Waals surface area contributed by atoms with E-state index in [0.717, 1.165) is 26.1 Å². The van der Waals surface area contributed by atoms with E-state index in [-0.39, 0.29) is 0 Å². The number of hydrogen-bond donors (Lipinski definition) is 0. The highest BCUT2D eigenvalue weighted by atomic mass is 27.1. The van der Waals surface area contributed by atoms with Crippen LogP contribution in [-0.2, 0) is 8.53 Å². The van der Waals surface area contributed by atoms with Crippen LogP contribution >= 0.6 is 0 Å². The van der Waals surface area contributed by atoms with Gasteiger partial charge in [-0.25, -0.2) is 0 Å². The molecule has 0 rings (SSSR count). The van der Waals surface area contributed by atoms with Crippen LogP contribution in [0.2, 0.25) is 0 Å². The minimum Gasteiger partial charge on any atom is -0.516 e. The molecule has 0 aromatic rings. The summed E-state index contributed by atoms with van der Waals surface area (Å²) in [6.45, 7) is 5.78. The molecule has 0 aliphatic carbocycles. The second-order valence-electron chi connectivity index (χ2n) is 2.31. The largest absolute Gasteiger partial charge is 0.516 e. The van der Waals surface area contributed by atoms with E-state index < -0.39 is 0 Å². The molecule has 0 aliphatic heterocycles. The van der Waals surface area contributed by atoms with Crippen molar-refractivity contribution in [2.75, 3.05) is 13.2 Å². The van der Waals surface area contributed by atoms with Gasteiger partial charge in [-0.2, -0.15) is 0 Å². The third-order valence-electron chi connectivity index (χ3n) is 1.38. The minimum atomic E-state index is 0.393. The fourth-order valence-corrected chi connectivity index (χ4v) is 0.711. The summed E-state index contributed by atoms with van der Waals surface area (Å²) in [6, 6.07) is 0.